The highest BCUT2D eigenvalue weighted by molar-refractivity contribution is 6.08. The second kappa shape index (κ2) is 7.65. The molecule has 1 unspecified atom stereocenters. The molecular formula is C13H23BN2O3. The third kappa shape index (κ3) is 5.32. The number of ketones is 1. The van der Waals surface area contributed by atoms with Gasteiger partial charge in [-0.05, 0) is 12.8 Å². The van der Waals surface area contributed by atoms with Crippen LogP contribution in [0.15, 0.2) is 0 Å². The Morgan fingerprint density at radius 1 is 1.32 bits per heavy atom. The molecule has 0 spiro atoms. The van der Waals surface area contributed by atoms with Crippen LogP contribution in [0.1, 0.15) is 38.5 Å². The average molecular weight is 266 g/mol. The number of piperidine rings is 1. The van der Waals surface area contributed by atoms with Gasteiger partial charge in [0.1, 0.15) is 11.3 Å². The van der Waals surface area contributed by atoms with E-state index >= 15 is 0 Å². The van der Waals surface area contributed by atoms with Crippen LogP contribution in [-0.2, 0) is 9.59 Å². The predicted octanol–water partition coefficient (Wildman–Crippen LogP) is 0.581. The van der Waals surface area contributed by atoms with E-state index in [0.29, 0.717) is 38.5 Å². The van der Waals surface area contributed by atoms with E-state index in [2.05, 4.69) is 4.90 Å². The Bertz CT molecular complexity index is 315. The third-order valence-electron chi connectivity index (χ3n) is 3.79. The fraction of sp³-hybridized carbons (Fsp3) is 0.846. The summed E-state index contributed by atoms with van der Waals surface area (Å²) in [5.41, 5.74) is 4.82. The highest BCUT2D eigenvalue weighted by Gasteiger charge is 2.33. The first-order valence-corrected chi connectivity index (χ1v) is 6.94. The quantitative estimate of drug-likeness (QED) is 0.496. The molecule has 106 valence electrons. The molecule has 0 aromatic heterocycles. The molecule has 1 aliphatic rings. The van der Waals surface area contributed by atoms with E-state index in [4.69, 9.17) is 13.6 Å². The van der Waals surface area contributed by atoms with E-state index in [-0.39, 0.29) is 5.78 Å². The zero-order valence-electron chi connectivity index (χ0n) is 11.4. The van der Waals surface area contributed by atoms with Crippen molar-refractivity contribution in [2.24, 2.45) is 5.73 Å². The number of unbranched alkanes of at least 4 members (excludes halogenated alkanes) is 1. The number of hydrogen-bond donors (Lipinski definition) is 2. The zero-order valence-corrected chi connectivity index (χ0v) is 11.4. The van der Waals surface area contributed by atoms with Crippen molar-refractivity contribution in [3.05, 3.63) is 0 Å². The maximum absolute atomic E-state index is 11.3. The van der Waals surface area contributed by atoms with Crippen LogP contribution in [0.5, 0.6) is 0 Å². The van der Waals surface area contributed by atoms with Crippen LogP contribution in [0.4, 0.5) is 0 Å². The molecule has 0 amide bonds. The van der Waals surface area contributed by atoms with Crippen molar-refractivity contribution < 1.29 is 14.7 Å². The molecule has 0 aromatic rings. The van der Waals surface area contributed by atoms with E-state index in [9.17, 15) is 14.7 Å². The Hall–Kier alpha value is -0.875. The number of nitrogens with zero attached hydrogens (tertiary/aromatic N) is 1. The second-order valence-electron chi connectivity index (χ2n) is 5.34. The second-order valence-corrected chi connectivity index (χ2v) is 5.34. The molecule has 6 heteroatoms. The van der Waals surface area contributed by atoms with Crippen molar-refractivity contribution in [3.63, 3.8) is 0 Å². The largest absolute Gasteiger partial charge is 0.480 e. The Morgan fingerprint density at radius 2 is 1.95 bits per heavy atom. The fourth-order valence-electron chi connectivity index (χ4n) is 2.31. The Kier molecular flexibility index (Phi) is 6.52. The van der Waals surface area contributed by atoms with E-state index in [1.165, 1.54) is 0 Å². The summed E-state index contributed by atoms with van der Waals surface area (Å²) in [5.74, 6) is -0.658. The standard InChI is InChI=1S/C13H23BN2O3/c14-7-2-1-5-13(15,12(18)19)6-10-16-8-3-11(17)4-9-16/h1-10,15H2,(H,18,19). The number of likely N-dealkylation sites (tertiary alicyclic amines) is 1. The molecule has 0 aliphatic carbocycles. The summed E-state index contributed by atoms with van der Waals surface area (Å²) in [6, 6.07) is 0. The summed E-state index contributed by atoms with van der Waals surface area (Å²) in [4.78, 5) is 24.6. The monoisotopic (exact) mass is 266 g/mol. The molecule has 1 fully saturated rings. The molecular weight excluding hydrogens is 243 g/mol. The van der Waals surface area contributed by atoms with Crippen molar-refractivity contribution in [3.8, 4) is 0 Å². The molecule has 0 bridgehead atoms. The Labute approximate surface area is 115 Å². The normalized spacial score (nSPS) is 20.2. The molecule has 1 atom stereocenters. The van der Waals surface area contributed by atoms with Crippen LogP contribution in [0.2, 0.25) is 6.32 Å². The number of carboxylic acid groups (broad SMARTS) is 1. The van der Waals surface area contributed by atoms with Crippen LogP contribution < -0.4 is 5.73 Å². The van der Waals surface area contributed by atoms with Gasteiger partial charge in [0.2, 0.25) is 0 Å². The molecule has 5 nitrogen and oxygen atoms in total. The van der Waals surface area contributed by atoms with Crippen molar-refractivity contribution in [2.45, 2.75) is 50.4 Å². The highest BCUT2D eigenvalue weighted by atomic mass is 16.4. The molecule has 0 aromatic carbocycles. The molecule has 2 radical (unpaired) electrons. The lowest BCUT2D eigenvalue weighted by molar-refractivity contribution is -0.144. The van der Waals surface area contributed by atoms with Gasteiger partial charge in [-0.3, -0.25) is 9.59 Å². The van der Waals surface area contributed by atoms with Gasteiger partial charge in [-0.1, -0.05) is 19.2 Å². The first-order chi connectivity index (χ1) is 8.98. The van der Waals surface area contributed by atoms with Gasteiger partial charge >= 0.3 is 5.97 Å². The summed E-state index contributed by atoms with van der Waals surface area (Å²) < 4.78 is 0. The lowest BCUT2D eigenvalue weighted by atomic mass is 9.87. The van der Waals surface area contributed by atoms with Crippen molar-refractivity contribution in [1.29, 1.82) is 0 Å². The third-order valence-corrected chi connectivity index (χ3v) is 3.79. The van der Waals surface area contributed by atoms with Crippen LogP contribution in [0, 0.1) is 0 Å². The van der Waals surface area contributed by atoms with Gasteiger partial charge in [-0.15, -0.1) is 0 Å². The van der Waals surface area contributed by atoms with Crippen molar-refractivity contribution in [1.82, 2.24) is 4.90 Å². The van der Waals surface area contributed by atoms with Gasteiger partial charge in [0, 0.05) is 32.5 Å². The van der Waals surface area contributed by atoms with E-state index in [0.717, 1.165) is 25.9 Å². The molecule has 1 rings (SSSR count). The number of nitrogens with two attached hydrogens (primary N) is 1. The number of carbonyl (C=O) groups excluding carboxylic acids is 1. The molecule has 1 aliphatic heterocycles. The van der Waals surface area contributed by atoms with Crippen LogP contribution in [0.25, 0.3) is 0 Å². The maximum Gasteiger partial charge on any atom is 0.323 e. The SMILES string of the molecule is [B]CCCCC(N)(CCN1CCC(=O)CC1)C(=O)O. The molecule has 3 N–H and O–H groups in total. The van der Waals surface area contributed by atoms with Gasteiger partial charge < -0.3 is 15.7 Å². The van der Waals surface area contributed by atoms with Crippen molar-refractivity contribution in [2.75, 3.05) is 19.6 Å². The first kappa shape index (κ1) is 16.2. The van der Waals surface area contributed by atoms with E-state index in [1.54, 1.807) is 0 Å². The number of carbonyl (C=O) groups is 2. The molecule has 0 saturated carbocycles. The van der Waals surface area contributed by atoms with E-state index in [1.807, 2.05) is 0 Å². The number of Topliss-reactive ketones (excluding diaryl/α,β-unsaturated/α-hetero) is 1. The summed E-state index contributed by atoms with van der Waals surface area (Å²) in [7, 11) is 5.41. The van der Waals surface area contributed by atoms with Crippen LogP contribution in [0.3, 0.4) is 0 Å². The lowest BCUT2D eigenvalue weighted by Gasteiger charge is -2.31. The number of aliphatic carboxylic acids is 1. The number of rotatable bonds is 8. The molecule has 1 heterocycles. The predicted molar refractivity (Wildman–Crippen MR) is 74.3 cm³/mol. The number of carboxylic acids is 1. The lowest BCUT2D eigenvalue weighted by Crippen LogP contribution is -2.50. The van der Waals surface area contributed by atoms with Gasteiger partial charge in [-0.2, -0.15) is 0 Å². The molecule has 19 heavy (non-hydrogen) atoms. The Balaban J connectivity index is 2.40. The smallest absolute Gasteiger partial charge is 0.323 e. The number of hydrogen-bond acceptors (Lipinski definition) is 4. The van der Waals surface area contributed by atoms with Crippen molar-refractivity contribution >= 4 is 19.6 Å². The van der Waals surface area contributed by atoms with Crippen LogP contribution in [-0.4, -0.2) is 54.8 Å². The molecule has 1 saturated heterocycles. The van der Waals surface area contributed by atoms with E-state index < -0.39 is 11.5 Å². The topological polar surface area (TPSA) is 83.6 Å². The summed E-state index contributed by atoms with van der Waals surface area (Å²) >= 11 is 0. The highest BCUT2D eigenvalue weighted by Crippen LogP contribution is 2.18. The summed E-state index contributed by atoms with van der Waals surface area (Å²) in [6.07, 6.45) is 4.09. The van der Waals surface area contributed by atoms with Gasteiger partial charge in [0.25, 0.3) is 0 Å². The first-order valence-electron chi connectivity index (χ1n) is 6.94. The van der Waals surface area contributed by atoms with Crippen LogP contribution >= 0.6 is 0 Å². The fourth-order valence-corrected chi connectivity index (χ4v) is 2.31. The minimum absolute atomic E-state index is 0.288. The maximum atomic E-state index is 11.3. The minimum atomic E-state index is -1.17. The van der Waals surface area contributed by atoms with Gasteiger partial charge in [-0.25, -0.2) is 0 Å². The van der Waals surface area contributed by atoms with Gasteiger partial charge in [0.15, 0.2) is 0 Å². The zero-order chi connectivity index (χ0) is 14.3. The minimum Gasteiger partial charge on any atom is -0.480 e. The summed E-state index contributed by atoms with van der Waals surface area (Å²) in [6.45, 7) is 2.08. The van der Waals surface area contributed by atoms with Gasteiger partial charge in [0.05, 0.1) is 7.85 Å². The summed E-state index contributed by atoms with van der Waals surface area (Å²) in [5, 5.41) is 9.27. The average Bonchev–Trinajstić information content (AvgIpc) is 2.38. The Morgan fingerprint density at radius 3 is 2.47 bits per heavy atom.